The molecule has 0 saturated carbocycles. The second-order valence-electron chi connectivity index (χ2n) is 14.3. The molecule has 0 fully saturated rings. The molecule has 12 aromatic rings. The highest BCUT2D eigenvalue weighted by Crippen LogP contribution is 2.45. The van der Waals surface area contributed by atoms with Crippen molar-refractivity contribution in [2.45, 2.75) is 0 Å². The van der Waals surface area contributed by atoms with Crippen LogP contribution < -0.4 is 0 Å². The van der Waals surface area contributed by atoms with Crippen LogP contribution in [0.5, 0.6) is 0 Å². The van der Waals surface area contributed by atoms with Gasteiger partial charge in [0.05, 0.1) is 62.0 Å². The van der Waals surface area contributed by atoms with E-state index >= 15 is 0 Å². The van der Waals surface area contributed by atoms with E-state index < -0.39 is 0 Å². The summed E-state index contributed by atoms with van der Waals surface area (Å²) in [5.74, 6) is 0. The molecule has 4 heterocycles. The van der Waals surface area contributed by atoms with Gasteiger partial charge in [-0.2, -0.15) is 5.26 Å². The zero-order valence-corrected chi connectivity index (χ0v) is 29.7. The largest absolute Gasteiger partial charge is 0.455 e. The lowest BCUT2D eigenvalue weighted by molar-refractivity contribution is 0.673. The van der Waals surface area contributed by atoms with Crippen molar-refractivity contribution in [2.75, 3.05) is 0 Å². The lowest BCUT2D eigenvalue weighted by Crippen LogP contribution is -2.04. The summed E-state index contributed by atoms with van der Waals surface area (Å²) in [5.41, 5.74) is 10.7. The van der Waals surface area contributed by atoms with Gasteiger partial charge in [0.15, 0.2) is 0 Å². The van der Waals surface area contributed by atoms with E-state index in [4.69, 9.17) is 11.0 Å². The predicted octanol–water partition coefficient (Wildman–Crippen LogP) is 13.3. The molecule has 6 heteroatoms. The smallest absolute Gasteiger partial charge is 0.212 e. The summed E-state index contributed by atoms with van der Waals surface area (Å²) in [7, 11) is 0. The Balaban J connectivity index is 1.23. The third kappa shape index (κ3) is 3.92. The molecule has 56 heavy (non-hydrogen) atoms. The maximum atomic E-state index is 11.2. The molecule has 12 rings (SSSR count). The fourth-order valence-electron chi connectivity index (χ4n) is 9.22. The molecule has 0 aliphatic carbocycles. The molecule has 0 aliphatic heterocycles. The van der Waals surface area contributed by atoms with E-state index in [0.29, 0.717) is 22.6 Å². The highest BCUT2D eigenvalue weighted by molar-refractivity contribution is 6.24. The van der Waals surface area contributed by atoms with Crippen LogP contribution in [-0.4, -0.2) is 13.7 Å². The van der Waals surface area contributed by atoms with Crippen LogP contribution in [0.2, 0.25) is 0 Å². The van der Waals surface area contributed by atoms with E-state index in [9.17, 15) is 5.26 Å². The summed E-state index contributed by atoms with van der Waals surface area (Å²) in [5, 5.41) is 19.8. The number of nitriles is 1. The Morgan fingerprint density at radius 3 is 1.62 bits per heavy atom. The zero-order chi connectivity index (χ0) is 37.1. The summed E-state index contributed by atoms with van der Waals surface area (Å²) >= 11 is 0. The van der Waals surface area contributed by atoms with Crippen LogP contribution in [0.1, 0.15) is 5.56 Å². The van der Waals surface area contributed by atoms with Crippen molar-refractivity contribution in [1.82, 2.24) is 13.7 Å². The number of aromatic nitrogens is 3. The molecule has 0 bridgehead atoms. The molecule has 0 aliphatic rings. The fourth-order valence-corrected chi connectivity index (χ4v) is 9.22. The minimum absolute atomic E-state index is 0.408. The van der Waals surface area contributed by atoms with Crippen LogP contribution in [0, 0.1) is 17.9 Å². The van der Waals surface area contributed by atoms with Crippen LogP contribution in [-0.2, 0) is 0 Å². The number of furan rings is 1. The molecule has 0 radical (unpaired) electrons. The van der Waals surface area contributed by atoms with E-state index in [1.165, 1.54) is 10.8 Å². The molecule has 6 nitrogen and oxygen atoms in total. The lowest BCUT2D eigenvalue weighted by Gasteiger charge is -2.17. The van der Waals surface area contributed by atoms with Crippen LogP contribution in [0.25, 0.3) is 109 Å². The first-order chi connectivity index (χ1) is 27.7. The quantitative estimate of drug-likeness (QED) is 0.171. The van der Waals surface area contributed by atoms with E-state index in [1.54, 1.807) is 0 Å². The topological polar surface area (TPSA) is 56.1 Å². The van der Waals surface area contributed by atoms with E-state index in [2.05, 4.69) is 134 Å². The van der Waals surface area contributed by atoms with E-state index in [1.807, 2.05) is 54.6 Å². The van der Waals surface area contributed by atoms with Gasteiger partial charge in [0.25, 0.3) is 0 Å². The number of hydrogen-bond acceptors (Lipinski definition) is 2. The van der Waals surface area contributed by atoms with Crippen molar-refractivity contribution < 1.29 is 4.42 Å². The van der Waals surface area contributed by atoms with Gasteiger partial charge in [-0.3, -0.25) is 0 Å². The average Bonchev–Trinajstić information content (AvgIpc) is 3.99. The summed E-state index contributed by atoms with van der Waals surface area (Å²) < 4.78 is 13.3. The van der Waals surface area contributed by atoms with Crippen molar-refractivity contribution >= 4 is 93.0 Å². The molecule has 0 amide bonds. The summed E-state index contributed by atoms with van der Waals surface area (Å²) in [6.45, 7) is 8.31. The lowest BCUT2D eigenvalue weighted by atomic mass is 10.1. The average molecular weight is 714 g/mol. The van der Waals surface area contributed by atoms with Crippen LogP contribution in [0.3, 0.4) is 0 Å². The third-order valence-corrected chi connectivity index (χ3v) is 11.5. The fraction of sp³-hybridized carbons (Fsp3) is 0. The van der Waals surface area contributed by atoms with Crippen molar-refractivity contribution in [1.29, 1.82) is 5.26 Å². The van der Waals surface area contributed by atoms with Crippen LogP contribution in [0.4, 0.5) is 5.69 Å². The van der Waals surface area contributed by atoms with Gasteiger partial charge in [-0.25, -0.2) is 4.85 Å². The molecular formula is C50H27N5O. The maximum absolute atomic E-state index is 11.2. The van der Waals surface area contributed by atoms with Gasteiger partial charge in [-0.15, -0.1) is 0 Å². The molecule has 0 saturated heterocycles. The first-order valence-electron chi connectivity index (χ1n) is 18.5. The van der Waals surface area contributed by atoms with Gasteiger partial charge in [-0.1, -0.05) is 97.1 Å². The van der Waals surface area contributed by atoms with Gasteiger partial charge in [0.2, 0.25) is 5.69 Å². The maximum Gasteiger partial charge on any atom is 0.212 e. The Labute approximate surface area is 319 Å². The summed E-state index contributed by atoms with van der Waals surface area (Å²) in [4.78, 5) is 4.00. The standard InChI is InChI=1S/C50H27N5O/c1-52-39-24-27-45(38(29-51)49(39)55-42-19-9-4-14-33(42)34-15-5-10-20-43(34)55)54-44-25-22-30(53-40-17-7-2-12-31(40)32-13-3-8-18-41(32)53)28-37(44)48-46(54)26-23-36-35-16-6-11-21-47(35)56-50(36)48/h2-28H. The van der Waals surface area contributed by atoms with Crippen molar-refractivity contribution in [3.63, 3.8) is 0 Å². The van der Waals surface area contributed by atoms with Gasteiger partial charge in [0, 0.05) is 43.4 Å². The molecule has 0 N–H and O–H groups in total. The Bertz CT molecular complexity index is 3640. The number of nitrogens with zero attached hydrogens (tertiary/aromatic N) is 5. The SMILES string of the molecule is [C-]#[N+]c1ccc(-n2c3ccc(-n4c5ccccc5c5ccccc54)cc3c3c4oc5ccccc5c4ccc32)c(C#N)c1-n1c2ccccc2c2ccccc21. The van der Waals surface area contributed by atoms with E-state index in [0.717, 1.165) is 82.3 Å². The second kappa shape index (κ2) is 11.2. The van der Waals surface area contributed by atoms with E-state index in [-0.39, 0.29) is 0 Å². The number of para-hydroxylation sites is 5. The minimum Gasteiger partial charge on any atom is -0.455 e. The molecule has 0 unspecified atom stereocenters. The van der Waals surface area contributed by atoms with Crippen LogP contribution >= 0.6 is 0 Å². The Hall–Kier alpha value is -8.06. The highest BCUT2D eigenvalue weighted by atomic mass is 16.3. The summed E-state index contributed by atoms with van der Waals surface area (Å²) in [6, 6.07) is 58.8. The van der Waals surface area contributed by atoms with Crippen molar-refractivity contribution in [2.24, 2.45) is 0 Å². The normalized spacial score (nSPS) is 11.9. The first-order valence-corrected chi connectivity index (χ1v) is 18.5. The molecular weight excluding hydrogens is 687 g/mol. The number of rotatable bonds is 3. The Morgan fingerprint density at radius 2 is 1.02 bits per heavy atom. The molecule has 4 aromatic heterocycles. The number of hydrogen-bond donors (Lipinski definition) is 0. The molecule has 0 spiro atoms. The number of fused-ring (bicyclic) bond motifs is 13. The Morgan fingerprint density at radius 1 is 0.482 bits per heavy atom. The minimum atomic E-state index is 0.408. The monoisotopic (exact) mass is 713 g/mol. The third-order valence-electron chi connectivity index (χ3n) is 11.5. The second-order valence-corrected chi connectivity index (χ2v) is 14.3. The number of benzene rings is 8. The Kier molecular flexibility index (Phi) is 6.10. The van der Waals surface area contributed by atoms with Gasteiger partial charge < -0.3 is 18.1 Å². The zero-order valence-electron chi connectivity index (χ0n) is 29.7. The first kappa shape index (κ1) is 30.4. The van der Waals surface area contributed by atoms with Gasteiger partial charge in [0.1, 0.15) is 17.2 Å². The van der Waals surface area contributed by atoms with Crippen molar-refractivity contribution in [3.05, 3.63) is 181 Å². The summed E-state index contributed by atoms with van der Waals surface area (Å²) in [6.07, 6.45) is 0. The predicted molar refractivity (Wildman–Crippen MR) is 228 cm³/mol. The highest BCUT2D eigenvalue weighted by Gasteiger charge is 2.25. The van der Waals surface area contributed by atoms with Gasteiger partial charge in [-0.05, 0) is 66.7 Å². The molecule has 258 valence electrons. The van der Waals surface area contributed by atoms with Crippen LogP contribution in [0.15, 0.2) is 168 Å². The molecule has 0 atom stereocenters. The van der Waals surface area contributed by atoms with Crippen molar-refractivity contribution in [3.8, 4) is 23.1 Å². The van der Waals surface area contributed by atoms with Gasteiger partial charge >= 0.3 is 0 Å². The molecule has 8 aromatic carbocycles.